The summed E-state index contributed by atoms with van der Waals surface area (Å²) in [6.07, 6.45) is 2.21. The minimum Gasteiger partial charge on any atom is -0.465 e. The van der Waals surface area contributed by atoms with E-state index in [-0.39, 0.29) is 17.0 Å². The second-order valence-corrected chi connectivity index (χ2v) is 10.3. The number of hydrogen-bond acceptors (Lipinski definition) is 6. The Kier molecular flexibility index (Phi) is 5.46. The maximum Gasteiger partial charge on any atom is 0.341 e. The highest BCUT2D eigenvalue weighted by Gasteiger charge is 2.42. The Hall–Kier alpha value is -2.97. The number of carbonyl (C=O) groups is 2. The van der Waals surface area contributed by atoms with Crippen molar-refractivity contribution in [1.29, 1.82) is 0 Å². The zero-order chi connectivity index (χ0) is 23.3. The number of benzene rings is 1. The number of esters is 1. The van der Waals surface area contributed by atoms with Gasteiger partial charge in [-0.05, 0) is 58.7 Å². The standard InChI is InChI=1S/C24H28N4O3S/c1-14-17(13-25-28(14)15-10-8-7-9-11-15)20(29)26-21-18(22(30)31-6)16-12-23(2,3)27-24(4,5)19(16)32-21/h7-11,13,27H,12H2,1-6H3,(H,26,29). The molecule has 1 aromatic carbocycles. The summed E-state index contributed by atoms with van der Waals surface area (Å²) in [5.41, 5.74) is 2.88. The second-order valence-electron chi connectivity index (χ2n) is 9.26. The molecule has 3 aromatic rings. The second kappa shape index (κ2) is 7.86. The van der Waals surface area contributed by atoms with Crippen molar-refractivity contribution in [1.82, 2.24) is 15.1 Å². The molecular formula is C24H28N4O3S. The Morgan fingerprint density at radius 3 is 2.53 bits per heavy atom. The van der Waals surface area contributed by atoms with Crippen molar-refractivity contribution in [2.75, 3.05) is 12.4 Å². The molecule has 3 heterocycles. The van der Waals surface area contributed by atoms with Crippen LogP contribution in [0.4, 0.5) is 5.00 Å². The topological polar surface area (TPSA) is 85.2 Å². The lowest BCUT2D eigenvalue weighted by atomic mass is 9.81. The van der Waals surface area contributed by atoms with Gasteiger partial charge in [0.05, 0.1) is 35.8 Å². The molecule has 0 radical (unpaired) electrons. The summed E-state index contributed by atoms with van der Waals surface area (Å²) in [4.78, 5) is 27.0. The van der Waals surface area contributed by atoms with Crippen molar-refractivity contribution in [3.8, 4) is 5.69 Å². The number of fused-ring (bicyclic) bond motifs is 1. The zero-order valence-corrected chi connectivity index (χ0v) is 20.0. The van der Waals surface area contributed by atoms with Crippen LogP contribution >= 0.6 is 11.3 Å². The van der Waals surface area contributed by atoms with Crippen LogP contribution in [0.2, 0.25) is 0 Å². The molecule has 4 rings (SSSR count). The van der Waals surface area contributed by atoms with E-state index in [1.807, 2.05) is 37.3 Å². The van der Waals surface area contributed by atoms with Gasteiger partial charge in [0.25, 0.3) is 5.91 Å². The zero-order valence-electron chi connectivity index (χ0n) is 19.2. The predicted molar refractivity (Wildman–Crippen MR) is 126 cm³/mol. The smallest absolute Gasteiger partial charge is 0.341 e. The minimum absolute atomic E-state index is 0.199. The average Bonchev–Trinajstić information content (AvgIpc) is 3.27. The highest BCUT2D eigenvalue weighted by Crippen LogP contribution is 2.45. The van der Waals surface area contributed by atoms with Crippen molar-refractivity contribution in [3.63, 3.8) is 0 Å². The maximum atomic E-state index is 13.2. The first-order chi connectivity index (χ1) is 15.0. The van der Waals surface area contributed by atoms with E-state index in [1.54, 1.807) is 10.9 Å². The lowest BCUT2D eigenvalue weighted by Gasteiger charge is -2.42. The summed E-state index contributed by atoms with van der Waals surface area (Å²) in [5, 5.41) is 11.5. The van der Waals surface area contributed by atoms with E-state index in [4.69, 9.17) is 4.74 Å². The molecule has 0 unspecified atom stereocenters. The average molecular weight is 453 g/mol. The van der Waals surface area contributed by atoms with Gasteiger partial charge in [0.15, 0.2) is 0 Å². The molecule has 0 aliphatic carbocycles. The van der Waals surface area contributed by atoms with Crippen LogP contribution in [-0.2, 0) is 16.7 Å². The molecule has 8 heteroatoms. The third kappa shape index (κ3) is 3.84. The van der Waals surface area contributed by atoms with Gasteiger partial charge in [0, 0.05) is 16.0 Å². The van der Waals surface area contributed by atoms with E-state index in [2.05, 4.69) is 43.4 Å². The molecule has 1 amide bonds. The van der Waals surface area contributed by atoms with E-state index in [0.29, 0.717) is 22.5 Å². The molecule has 0 fully saturated rings. The molecule has 0 saturated carbocycles. The molecule has 2 N–H and O–H groups in total. The van der Waals surface area contributed by atoms with Crippen molar-refractivity contribution in [3.05, 3.63) is 63.8 Å². The van der Waals surface area contributed by atoms with Crippen LogP contribution in [0.25, 0.3) is 5.69 Å². The summed E-state index contributed by atoms with van der Waals surface area (Å²) in [5.74, 6) is -0.749. The van der Waals surface area contributed by atoms with Gasteiger partial charge >= 0.3 is 5.97 Å². The molecule has 2 aromatic heterocycles. The van der Waals surface area contributed by atoms with E-state index in [1.165, 1.54) is 18.4 Å². The van der Waals surface area contributed by atoms with E-state index >= 15 is 0 Å². The number of nitrogens with one attached hydrogen (secondary N) is 2. The molecule has 168 valence electrons. The fourth-order valence-electron chi connectivity index (χ4n) is 4.57. The fourth-order valence-corrected chi connectivity index (χ4v) is 5.83. The number of aromatic nitrogens is 2. The first-order valence-electron chi connectivity index (χ1n) is 10.5. The molecule has 0 spiro atoms. The molecule has 0 saturated heterocycles. The van der Waals surface area contributed by atoms with Crippen LogP contribution < -0.4 is 10.6 Å². The number of amides is 1. The Morgan fingerprint density at radius 1 is 1.19 bits per heavy atom. The number of thiophene rings is 1. The Balaban J connectivity index is 1.73. The highest BCUT2D eigenvalue weighted by molar-refractivity contribution is 7.17. The van der Waals surface area contributed by atoms with Gasteiger partial charge in [-0.3, -0.25) is 4.79 Å². The van der Waals surface area contributed by atoms with Crippen molar-refractivity contribution < 1.29 is 14.3 Å². The third-order valence-electron chi connectivity index (χ3n) is 5.72. The van der Waals surface area contributed by atoms with Gasteiger partial charge in [0.2, 0.25) is 0 Å². The van der Waals surface area contributed by atoms with Gasteiger partial charge in [-0.25, -0.2) is 9.48 Å². The fraction of sp³-hybridized carbons (Fsp3) is 0.375. The van der Waals surface area contributed by atoms with Gasteiger partial charge in [-0.2, -0.15) is 5.10 Å². The number of para-hydroxylation sites is 1. The van der Waals surface area contributed by atoms with Crippen LogP contribution in [-0.4, -0.2) is 34.3 Å². The van der Waals surface area contributed by atoms with Crippen molar-refractivity contribution >= 4 is 28.2 Å². The van der Waals surface area contributed by atoms with E-state index in [0.717, 1.165) is 21.8 Å². The highest BCUT2D eigenvalue weighted by atomic mass is 32.1. The van der Waals surface area contributed by atoms with Crippen molar-refractivity contribution in [2.24, 2.45) is 0 Å². The van der Waals surface area contributed by atoms with Crippen molar-refractivity contribution in [2.45, 2.75) is 52.1 Å². The van der Waals surface area contributed by atoms with Crippen LogP contribution in [0.5, 0.6) is 0 Å². The minimum atomic E-state index is -0.442. The Morgan fingerprint density at radius 2 is 1.88 bits per heavy atom. The molecule has 0 atom stereocenters. The number of hydrogen-bond donors (Lipinski definition) is 2. The van der Waals surface area contributed by atoms with E-state index in [9.17, 15) is 9.59 Å². The molecule has 7 nitrogen and oxygen atoms in total. The largest absolute Gasteiger partial charge is 0.465 e. The first kappa shape index (κ1) is 22.2. The van der Waals surface area contributed by atoms with Crippen LogP contribution in [0, 0.1) is 6.92 Å². The lowest BCUT2D eigenvalue weighted by Crippen LogP contribution is -2.55. The third-order valence-corrected chi connectivity index (χ3v) is 7.19. The quantitative estimate of drug-likeness (QED) is 0.572. The number of carbonyl (C=O) groups excluding carboxylic acids is 2. The molecular weight excluding hydrogens is 424 g/mol. The molecule has 0 bridgehead atoms. The molecule has 32 heavy (non-hydrogen) atoms. The first-order valence-corrected chi connectivity index (χ1v) is 11.3. The summed E-state index contributed by atoms with van der Waals surface area (Å²) in [7, 11) is 1.36. The number of ether oxygens (including phenoxy) is 1. The van der Waals surface area contributed by atoms with Crippen LogP contribution in [0.1, 0.15) is 64.5 Å². The number of nitrogens with zero attached hydrogens (tertiary/aromatic N) is 2. The Bertz CT molecular complexity index is 1190. The summed E-state index contributed by atoms with van der Waals surface area (Å²) >= 11 is 1.42. The summed E-state index contributed by atoms with van der Waals surface area (Å²) in [6.45, 7) is 10.2. The number of rotatable bonds is 4. The monoisotopic (exact) mass is 452 g/mol. The number of methoxy groups -OCH3 is 1. The van der Waals surface area contributed by atoms with Gasteiger partial charge in [-0.1, -0.05) is 18.2 Å². The normalized spacial score (nSPS) is 16.3. The van der Waals surface area contributed by atoms with Crippen LogP contribution in [0.3, 0.4) is 0 Å². The van der Waals surface area contributed by atoms with Gasteiger partial charge in [-0.15, -0.1) is 11.3 Å². The van der Waals surface area contributed by atoms with E-state index < -0.39 is 5.97 Å². The number of anilines is 1. The Labute approximate surface area is 191 Å². The summed E-state index contributed by atoms with van der Waals surface area (Å²) in [6, 6.07) is 9.64. The lowest BCUT2D eigenvalue weighted by molar-refractivity contribution is 0.0600. The predicted octanol–water partition coefficient (Wildman–Crippen LogP) is 4.44. The van der Waals surface area contributed by atoms with Gasteiger partial charge in [0.1, 0.15) is 5.00 Å². The van der Waals surface area contributed by atoms with Gasteiger partial charge < -0.3 is 15.4 Å². The molecule has 1 aliphatic rings. The molecule has 1 aliphatic heterocycles. The summed E-state index contributed by atoms with van der Waals surface area (Å²) < 4.78 is 6.82. The maximum absolute atomic E-state index is 13.2. The van der Waals surface area contributed by atoms with Crippen LogP contribution in [0.15, 0.2) is 36.5 Å². The SMILES string of the molecule is COC(=O)c1c(NC(=O)c2cnn(-c3ccccc3)c2C)sc2c1CC(C)(C)NC2(C)C.